The van der Waals surface area contributed by atoms with Gasteiger partial charge in [-0.1, -0.05) is 0 Å². The maximum absolute atomic E-state index is 11.9. The lowest BCUT2D eigenvalue weighted by atomic mass is 9.97. The Hall–Kier alpha value is -0.170. The minimum absolute atomic E-state index is 0.0260. The van der Waals surface area contributed by atoms with Gasteiger partial charge in [-0.3, -0.25) is 0 Å². The summed E-state index contributed by atoms with van der Waals surface area (Å²) < 4.78 is 34.2. The molecule has 0 saturated carbocycles. The molecule has 108 valence electrons. The Kier molecular flexibility index (Phi) is 5.17. The van der Waals surface area contributed by atoms with Gasteiger partial charge in [0.1, 0.15) is 5.60 Å². The minimum atomic E-state index is -3.14. The van der Waals surface area contributed by atoms with Crippen molar-refractivity contribution in [3.63, 3.8) is 0 Å². The second-order valence-corrected chi connectivity index (χ2v) is 8.69. The van der Waals surface area contributed by atoms with Crippen molar-refractivity contribution >= 4 is 9.84 Å². The summed E-state index contributed by atoms with van der Waals surface area (Å²) in [5.74, 6) is 0.0260. The largest absolute Gasteiger partial charge is 0.378 e. The van der Waals surface area contributed by atoms with Crippen LogP contribution in [0.3, 0.4) is 0 Å². The van der Waals surface area contributed by atoms with Crippen LogP contribution in [0.1, 0.15) is 33.6 Å². The second kappa shape index (κ2) is 5.86. The van der Waals surface area contributed by atoms with Crippen LogP contribution in [0.4, 0.5) is 0 Å². The molecule has 0 aromatic rings. The van der Waals surface area contributed by atoms with Gasteiger partial charge in [0, 0.05) is 13.2 Å². The third kappa shape index (κ3) is 3.91. The molecule has 1 heterocycles. The summed E-state index contributed by atoms with van der Waals surface area (Å²) in [6.07, 6.45) is 1.74. The summed E-state index contributed by atoms with van der Waals surface area (Å²) in [6, 6.07) is 0. The molecule has 5 nitrogen and oxygen atoms in total. The number of hydrogen-bond donors (Lipinski definition) is 1. The fourth-order valence-corrected chi connectivity index (χ4v) is 2.75. The fourth-order valence-electron chi connectivity index (χ4n) is 1.83. The summed E-state index contributed by atoms with van der Waals surface area (Å²) in [5, 5.41) is 0. The third-order valence-electron chi connectivity index (χ3n) is 3.35. The van der Waals surface area contributed by atoms with Crippen LogP contribution >= 0.6 is 0 Å². The number of hydrogen-bond acceptors (Lipinski definition) is 5. The Bertz CT molecular complexity index is 353. The van der Waals surface area contributed by atoms with Crippen molar-refractivity contribution in [2.24, 2.45) is 5.73 Å². The van der Waals surface area contributed by atoms with Crippen molar-refractivity contribution in [1.29, 1.82) is 0 Å². The Labute approximate surface area is 110 Å². The van der Waals surface area contributed by atoms with Gasteiger partial charge in [0.15, 0.2) is 9.84 Å². The van der Waals surface area contributed by atoms with E-state index < -0.39 is 20.2 Å². The Morgan fingerprint density at radius 3 is 2.50 bits per heavy atom. The maximum Gasteiger partial charge on any atom is 0.157 e. The highest BCUT2D eigenvalue weighted by molar-refractivity contribution is 7.92. The third-order valence-corrected chi connectivity index (χ3v) is 5.92. The molecule has 1 aliphatic rings. The topological polar surface area (TPSA) is 78.6 Å². The van der Waals surface area contributed by atoms with E-state index in [2.05, 4.69) is 0 Å². The van der Waals surface area contributed by atoms with Crippen molar-refractivity contribution in [2.45, 2.75) is 44.0 Å². The summed E-state index contributed by atoms with van der Waals surface area (Å²) in [5.41, 5.74) is 5.23. The van der Waals surface area contributed by atoms with E-state index in [1.165, 1.54) is 0 Å². The molecule has 18 heavy (non-hydrogen) atoms. The molecule has 1 aliphatic heterocycles. The van der Waals surface area contributed by atoms with Gasteiger partial charge in [-0.05, 0) is 33.6 Å². The van der Waals surface area contributed by atoms with Crippen molar-refractivity contribution in [3.05, 3.63) is 0 Å². The number of ether oxygens (including phenoxy) is 2. The Morgan fingerprint density at radius 2 is 2.06 bits per heavy atom. The molecule has 0 aromatic heterocycles. The first-order valence-corrected chi connectivity index (χ1v) is 8.02. The molecule has 2 N–H and O–H groups in total. The molecule has 6 heteroatoms. The molecule has 0 aliphatic carbocycles. The van der Waals surface area contributed by atoms with E-state index in [1.54, 1.807) is 20.8 Å². The molecule has 1 atom stereocenters. The normalized spacial score (nSPS) is 26.2. The molecule has 0 radical (unpaired) electrons. The van der Waals surface area contributed by atoms with Crippen molar-refractivity contribution in [3.8, 4) is 0 Å². The standard InChI is InChI=1S/C12H25NO4S/c1-11(2,3)18(14,15)8-7-17-12(9-13)5-4-6-16-10-12/h4-10,13H2,1-3H3. The van der Waals surface area contributed by atoms with Crippen LogP contribution in [-0.4, -0.2) is 50.9 Å². The minimum Gasteiger partial charge on any atom is -0.378 e. The van der Waals surface area contributed by atoms with E-state index in [9.17, 15) is 8.42 Å². The van der Waals surface area contributed by atoms with Crippen molar-refractivity contribution in [2.75, 3.05) is 32.1 Å². The van der Waals surface area contributed by atoms with Crippen LogP contribution in [0.2, 0.25) is 0 Å². The average Bonchev–Trinajstić information content (AvgIpc) is 2.28. The van der Waals surface area contributed by atoms with Gasteiger partial charge in [-0.15, -0.1) is 0 Å². The van der Waals surface area contributed by atoms with Crippen LogP contribution in [0.15, 0.2) is 0 Å². The smallest absolute Gasteiger partial charge is 0.157 e. The van der Waals surface area contributed by atoms with Gasteiger partial charge in [-0.2, -0.15) is 0 Å². The van der Waals surface area contributed by atoms with Gasteiger partial charge in [-0.25, -0.2) is 8.42 Å². The first kappa shape index (κ1) is 15.9. The molecule has 0 bridgehead atoms. The summed E-state index contributed by atoms with van der Waals surface area (Å²) in [6.45, 7) is 6.83. The van der Waals surface area contributed by atoms with Gasteiger partial charge >= 0.3 is 0 Å². The van der Waals surface area contributed by atoms with Crippen LogP contribution in [0.25, 0.3) is 0 Å². The highest BCUT2D eigenvalue weighted by Crippen LogP contribution is 2.23. The molecule has 0 amide bonds. The molecular formula is C12H25NO4S. The Balaban J connectivity index is 2.50. The summed E-state index contributed by atoms with van der Waals surface area (Å²) in [7, 11) is -3.14. The van der Waals surface area contributed by atoms with Crippen LogP contribution in [-0.2, 0) is 19.3 Å². The zero-order valence-corrected chi connectivity index (χ0v) is 12.4. The molecule has 0 spiro atoms. The van der Waals surface area contributed by atoms with E-state index >= 15 is 0 Å². The number of sulfone groups is 1. The highest BCUT2D eigenvalue weighted by Gasteiger charge is 2.34. The van der Waals surface area contributed by atoms with Crippen LogP contribution in [0.5, 0.6) is 0 Å². The zero-order valence-electron chi connectivity index (χ0n) is 11.6. The molecule has 1 rings (SSSR count). The molecule has 1 saturated heterocycles. The van der Waals surface area contributed by atoms with Gasteiger partial charge in [0.25, 0.3) is 0 Å². The second-order valence-electron chi connectivity index (χ2n) is 5.82. The van der Waals surface area contributed by atoms with E-state index in [1.807, 2.05) is 0 Å². The monoisotopic (exact) mass is 279 g/mol. The lowest BCUT2D eigenvalue weighted by Gasteiger charge is -2.36. The molecular weight excluding hydrogens is 254 g/mol. The van der Waals surface area contributed by atoms with Gasteiger partial charge in [0.05, 0.1) is 23.7 Å². The zero-order chi connectivity index (χ0) is 13.9. The predicted octanol–water partition coefficient (Wildman–Crippen LogP) is 0.724. The van der Waals surface area contributed by atoms with E-state index in [0.29, 0.717) is 13.2 Å². The predicted molar refractivity (Wildman–Crippen MR) is 71.3 cm³/mol. The fraction of sp³-hybridized carbons (Fsp3) is 1.00. The quantitative estimate of drug-likeness (QED) is 0.802. The number of nitrogens with two attached hydrogens (primary N) is 1. The lowest BCUT2D eigenvalue weighted by Crippen LogP contribution is -2.48. The van der Waals surface area contributed by atoms with E-state index in [-0.39, 0.29) is 12.4 Å². The summed E-state index contributed by atoms with van der Waals surface area (Å²) >= 11 is 0. The van der Waals surface area contributed by atoms with Gasteiger partial charge in [0.2, 0.25) is 0 Å². The first-order chi connectivity index (χ1) is 8.22. The van der Waals surface area contributed by atoms with Crippen molar-refractivity contribution < 1.29 is 17.9 Å². The van der Waals surface area contributed by atoms with Crippen LogP contribution < -0.4 is 5.73 Å². The molecule has 1 fully saturated rings. The van der Waals surface area contributed by atoms with Crippen LogP contribution in [0, 0.1) is 0 Å². The van der Waals surface area contributed by atoms with E-state index in [4.69, 9.17) is 15.2 Å². The van der Waals surface area contributed by atoms with E-state index in [0.717, 1.165) is 19.4 Å². The lowest BCUT2D eigenvalue weighted by molar-refractivity contribution is -0.118. The highest BCUT2D eigenvalue weighted by atomic mass is 32.2. The van der Waals surface area contributed by atoms with Crippen molar-refractivity contribution in [1.82, 2.24) is 0 Å². The average molecular weight is 279 g/mol. The first-order valence-electron chi connectivity index (χ1n) is 6.37. The summed E-state index contributed by atoms with van der Waals surface area (Å²) in [4.78, 5) is 0. The Morgan fingerprint density at radius 1 is 1.39 bits per heavy atom. The molecule has 0 aromatic carbocycles. The molecule has 1 unspecified atom stereocenters. The van der Waals surface area contributed by atoms with Gasteiger partial charge < -0.3 is 15.2 Å². The number of rotatable bonds is 5. The maximum atomic E-state index is 11.9. The SMILES string of the molecule is CC(C)(C)S(=O)(=O)CCOC1(CN)CCCOC1.